The molecule has 0 bridgehead atoms. The monoisotopic (exact) mass is 227 g/mol. The molecule has 3 atom stereocenters. The Morgan fingerprint density at radius 2 is 2.19 bits per heavy atom. The van der Waals surface area contributed by atoms with E-state index in [1.54, 1.807) is 0 Å². The van der Waals surface area contributed by atoms with E-state index in [2.05, 4.69) is 4.90 Å². The molecule has 3 aliphatic rings. The zero-order valence-corrected chi connectivity index (χ0v) is 9.73. The zero-order valence-electron chi connectivity index (χ0n) is 9.73. The van der Waals surface area contributed by atoms with Gasteiger partial charge in [0.25, 0.3) is 0 Å². The highest BCUT2D eigenvalue weighted by molar-refractivity contribution is 4.95. The van der Waals surface area contributed by atoms with Crippen molar-refractivity contribution in [2.45, 2.75) is 43.4 Å². The van der Waals surface area contributed by atoms with Gasteiger partial charge >= 0.3 is 0 Å². The second-order valence-corrected chi connectivity index (χ2v) is 5.42. The molecule has 3 fully saturated rings. The Bertz CT molecular complexity index is 253. The summed E-state index contributed by atoms with van der Waals surface area (Å²) in [4.78, 5) is 2.44. The largest absolute Gasteiger partial charge is 0.392 e. The lowest BCUT2D eigenvalue weighted by molar-refractivity contribution is -0.104. The van der Waals surface area contributed by atoms with Gasteiger partial charge in [-0.2, -0.15) is 0 Å². The maximum atomic E-state index is 9.59. The van der Waals surface area contributed by atoms with Gasteiger partial charge in [0.1, 0.15) is 0 Å². The van der Waals surface area contributed by atoms with Gasteiger partial charge in [-0.25, -0.2) is 0 Å². The number of aliphatic hydroxyl groups excluding tert-OH is 1. The molecule has 1 spiro atoms. The summed E-state index contributed by atoms with van der Waals surface area (Å²) in [5.74, 6) is 0. The molecule has 0 aromatic rings. The number of aliphatic hydroxyl groups is 1. The molecular weight excluding hydrogens is 206 g/mol. The molecule has 1 N–H and O–H groups in total. The van der Waals surface area contributed by atoms with Crippen molar-refractivity contribution >= 4 is 0 Å². The van der Waals surface area contributed by atoms with Gasteiger partial charge in [0.05, 0.1) is 18.3 Å². The molecule has 0 radical (unpaired) electrons. The molecule has 0 saturated carbocycles. The van der Waals surface area contributed by atoms with Crippen molar-refractivity contribution in [3.63, 3.8) is 0 Å². The van der Waals surface area contributed by atoms with Crippen LogP contribution < -0.4 is 0 Å². The molecule has 4 heteroatoms. The Hall–Kier alpha value is -0.160. The molecule has 0 aromatic carbocycles. The Kier molecular flexibility index (Phi) is 2.92. The topological polar surface area (TPSA) is 41.9 Å². The number of hydrogen-bond donors (Lipinski definition) is 1. The van der Waals surface area contributed by atoms with Crippen molar-refractivity contribution in [1.82, 2.24) is 4.90 Å². The highest BCUT2D eigenvalue weighted by Gasteiger charge is 2.43. The number of nitrogens with zero attached hydrogens (tertiary/aromatic N) is 1. The van der Waals surface area contributed by atoms with E-state index in [4.69, 9.17) is 9.47 Å². The first-order chi connectivity index (χ1) is 7.77. The van der Waals surface area contributed by atoms with Crippen LogP contribution in [0, 0.1) is 0 Å². The molecule has 3 saturated heterocycles. The number of hydrogen-bond acceptors (Lipinski definition) is 4. The van der Waals surface area contributed by atoms with Gasteiger partial charge in [-0.15, -0.1) is 0 Å². The minimum Gasteiger partial charge on any atom is -0.392 e. The predicted molar refractivity (Wildman–Crippen MR) is 59.3 cm³/mol. The fourth-order valence-corrected chi connectivity index (χ4v) is 3.28. The second kappa shape index (κ2) is 4.26. The maximum absolute atomic E-state index is 9.59. The summed E-state index contributed by atoms with van der Waals surface area (Å²) >= 11 is 0. The molecule has 16 heavy (non-hydrogen) atoms. The number of rotatable bonds is 1. The lowest BCUT2D eigenvalue weighted by Crippen LogP contribution is -2.48. The first-order valence-corrected chi connectivity index (χ1v) is 6.41. The summed E-state index contributed by atoms with van der Waals surface area (Å²) in [6.45, 7) is 4.35. The molecule has 4 nitrogen and oxygen atoms in total. The van der Waals surface area contributed by atoms with Gasteiger partial charge < -0.3 is 14.6 Å². The standard InChI is InChI=1S/C12H21NO3/c14-11-1-4-13(8-11)10-2-5-16-12(7-10)3-6-15-9-12/h10-11,14H,1-9H2. The minimum absolute atomic E-state index is 0.00351. The van der Waals surface area contributed by atoms with Gasteiger partial charge in [0, 0.05) is 38.8 Å². The van der Waals surface area contributed by atoms with Gasteiger partial charge in [-0.1, -0.05) is 0 Å². The molecule has 0 amide bonds. The molecule has 3 unspecified atom stereocenters. The van der Waals surface area contributed by atoms with Crippen LogP contribution in [0.5, 0.6) is 0 Å². The van der Waals surface area contributed by atoms with Gasteiger partial charge in [-0.05, 0) is 19.3 Å². The highest BCUT2D eigenvalue weighted by Crippen LogP contribution is 2.35. The third-order valence-electron chi connectivity index (χ3n) is 4.25. The average Bonchev–Trinajstić information content (AvgIpc) is 2.89. The third-order valence-corrected chi connectivity index (χ3v) is 4.25. The van der Waals surface area contributed by atoms with Gasteiger partial charge in [0.15, 0.2) is 0 Å². The number of likely N-dealkylation sites (tertiary alicyclic amines) is 1. The molecule has 0 aromatic heterocycles. The smallest absolute Gasteiger partial charge is 0.0951 e. The SMILES string of the molecule is OC1CCN(C2CCOC3(CCOC3)C2)C1. The van der Waals surface area contributed by atoms with E-state index >= 15 is 0 Å². The normalized spacial score (nSPS) is 45.6. The van der Waals surface area contributed by atoms with Crippen LogP contribution in [0.25, 0.3) is 0 Å². The molecule has 3 rings (SSSR count). The summed E-state index contributed by atoms with van der Waals surface area (Å²) in [5.41, 5.74) is -0.00351. The Labute approximate surface area is 96.5 Å². The number of ether oxygens (including phenoxy) is 2. The van der Waals surface area contributed by atoms with Crippen LogP contribution in [0.2, 0.25) is 0 Å². The van der Waals surface area contributed by atoms with Crippen LogP contribution in [0.15, 0.2) is 0 Å². The Morgan fingerprint density at radius 1 is 1.25 bits per heavy atom. The van der Waals surface area contributed by atoms with Crippen molar-refractivity contribution in [2.75, 3.05) is 32.9 Å². The van der Waals surface area contributed by atoms with Crippen LogP contribution in [-0.4, -0.2) is 60.7 Å². The van der Waals surface area contributed by atoms with Crippen molar-refractivity contribution < 1.29 is 14.6 Å². The van der Waals surface area contributed by atoms with Crippen molar-refractivity contribution in [3.05, 3.63) is 0 Å². The quantitative estimate of drug-likeness (QED) is 0.703. The Morgan fingerprint density at radius 3 is 2.88 bits per heavy atom. The lowest BCUT2D eigenvalue weighted by atomic mass is 9.89. The predicted octanol–water partition coefficient (Wildman–Crippen LogP) is 0.391. The van der Waals surface area contributed by atoms with E-state index in [1.165, 1.54) is 0 Å². The van der Waals surface area contributed by atoms with Crippen molar-refractivity contribution in [2.24, 2.45) is 0 Å². The van der Waals surface area contributed by atoms with E-state index < -0.39 is 0 Å². The average molecular weight is 227 g/mol. The van der Waals surface area contributed by atoms with Crippen LogP contribution >= 0.6 is 0 Å². The summed E-state index contributed by atoms with van der Waals surface area (Å²) in [6.07, 6.45) is 4.05. The molecule has 3 aliphatic heterocycles. The van der Waals surface area contributed by atoms with Crippen LogP contribution in [-0.2, 0) is 9.47 Å². The zero-order chi connectivity index (χ0) is 11.0. The van der Waals surface area contributed by atoms with Crippen LogP contribution in [0.3, 0.4) is 0 Å². The lowest BCUT2D eigenvalue weighted by Gasteiger charge is -2.40. The third kappa shape index (κ3) is 1.99. The second-order valence-electron chi connectivity index (χ2n) is 5.42. The van der Waals surface area contributed by atoms with Gasteiger partial charge in [-0.3, -0.25) is 4.90 Å². The maximum Gasteiger partial charge on any atom is 0.0951 e. The van der Waals surface area contributed by atoms with E-state index in [1.807, 2.05) is 0 Å². The van der Waals surface area contributed by atoms with Crippen LogP contribution in [0.4, 0.5) is 0 Å². The summed E-state index contributed by atoms with van der Waals surface area (Å²) < 4.78 is 11.4. The first-order valence-electron chi connectivity index (χ1n) is 6.41. The number of β-amino-alcohol motifs (C(OH)–C–C–N with tert-alkyl or cyclic N) is 1. The summed E-state index contributed by atoms with van der Waals surface area (Å²) in [5, 5.41) is 9.59. The van der Waals surface area contributed by atoms with E-state index in [-0.39, 0.29) is 11.7 Å². The summed E-state index contributed by atoms with van der Waals surface area (Å²) in [6, 6.07) is 0.590. The molecule has 3 heterocycles. The van der Waals surface area contributed by atoms with E-state index in [0.29, 0.717) is 6.04 Å². The minimum atomic E-state index is -0.112. The molecule has 92 valence electrons. The van der Waals surface area contributed by atoms with E-state index in [0.717, 1.165) is 58.6 Å². The first kappa shape index (κ1) is 11.0. The van der Waals surface area contributed by atoms with E-state index in [9.17, 15) is 5.11 Å². The highest BCUT2D eigenvalue weighted by atomic mass is 16.6. The fraction of sp³-hybridized carbons (Fsp3) is 1.00. The molecular formula is C12H21NO3. The fourth-order valence-electron chi connectivity index (χ4n) is 3.28. The summed E-state index contributed by atoms with van der Waals surface area (Å²) in [7, 11) is 0. The van der Waals surface area contributed by atoms with Gasteiger partial charge in [0.2, 0.25) is 0 Å². The van der Waals surface area contributed by atoms with Crippen LogP contribution in [0.1, 0.15) is 25.7 Å². The van der Waals surface area contributed by atoms with Crippen molar-refractivity contribution in [3.8, 4) is 0 Å². The Balaban J connectivity index is 1.63. The molecule has 0 aliphatic carbocycles. The van der Waals surface area contributed by atoms with Crippen molar-refractivity contribution in [1.29, 1.82) is 0 Å².